The molecule has 106 valence electrons. The third-order valence-electron chi connectivity index (χ3n) is 3.43. The van der Waals surface area contributed by atoms with Crippen molar-refractivity contribution in [3.63, 3.8) is 0 Å². The lowest BCUT2D eigenvalue weighted by molar-refractivity contribution is -0.136. The molecule has 1 saturated heterocycles. The van der Waals surface area contributed by atoms with Crippen LogP contribution in [0.4, 0.5) is 0 Å². The Morgan fingerprint density at radius 3 is 3.10 bits per heavy atom. The topological polar surface area (TPSA) is 76.8 Å². The third kappa shape index (κ3) is 2.69. The number of carbonyl (C=O) groups excluding carboxylic acids is 1. The highest BCUT2D eigenvalue weighted by Crippen LogP contribution is 2.32. The molecule has 0 bridgehead atoms. The van der Waals surface area contributed by atoms with Crippen LogP contribution in [0.15, 0.2) is 11.7 Å². The minimum absolute atomic E-state index is 0.0508. The normalized spacial score (nSPS) is 19.2. The van der Waals surface area contributed by atoms with Gasteiger partial charge in [-0.25, -0.2) is 9.67 Å². The van der Waals surface area contributed by atoms with E-state index in [4.69, 9.17) is 0 Å². The summed E-state index contributed by atoms with van der Waals surface area (Å²) >= 11 is 1.63. The number of rotatable bonds is 3. The molecule has 0 aromatic carbocycles. The molecule has 0 radical (unpaired) electrons. The molecular weight excluding hydrogens is 276 g/mol. The largest absolute Gasteiger partial charge is 0.332 e. The van der Waals surface area contributed by atoms with Gasteiger partial charge in [0, 0.05) is 17.6 Å². The molecule has 1 aliphatic heterocycles. The minimum Gasteiger partial charge on any atom is -0.332 e. The second-order valence-electron chi connectivity index (χ2n) is 4.93. The maximum Gasteiger partial charge on any atom is 0.245 e. The Kier molecular flexibility index (Phi) is 3.72. The second kappa shape index (κ2) is 5.66. The highest BCUT2D eigenvalue weighted by atomic mass is 32.1. The van der Waals surface area contributed by atoms with E-state index in [9.17, 15) is 4.79 Å². The minimum atomic E-state index is 0.0508. The number of likely N-dealkylation sites (tertiary alicyclic amines) is 1. The van der Waals surface area contributed by atoms with E-state index in [0.717, 1.165) is 36.5 Å². The van der Waals surface area contributed by atoms with Crippen molar-refractivity contribution in [2.75, 3.05) is 6.54 Å². The van der Waals surface area contributed by atoms with Gasteiger partial charge in [-0.05, 0) is 36.6 Å². The van der Waals surface area contributed by atoms with Crippen LogP contribution in [0.3, 0.4) is 0 Å². The summed E-state index contributed by atoms with van der Waals surface area (Å²) in [6.07, 6.45) is 4.62. The number of piperidine rings is 1. The van der Waals surface area contributed by atoms with Crippen molar-refractivity contribution in [1.29, 1.82) is 0 Å². The van der Waals surface area contributed by atoms with E-state index in [1.165, 1.54) is 11.0 Å². The molecule has 2 aromatic heterocycles. The van der Waals surface area contributed by atoms with E-state index >= 15 is 0 Å². The van der Waals surface area contributed by atoms with Gasteiger partial charge in [0.1, 0.15) is 17.9 Å². The highest BCUT2D eigenvalue weighted by molar-refractivity contribution is 7.09. The van der Waals surface area contributed by atoms with Crippen LogP contribution in [-0.2, 0) is 11.3 Å². The fourth-order valence-corrected chi connectivity index (χ4v) is 3.44. The van der Waals surface area contributed by atoms with Crippen LogP contribution in [-0.4, -0.2) is 42.5 Å². The molecule has 1 amide bonds. The molecule has 0 saturated carbocycles. The standard InChI is InChI=1S/C12H16N6OS/c1-9-7-20-12(14-9)10-4-2-3-5-18(10)11(19)6-17-8-13-15-16-17/h7-8,10H,2-6H2,1H3/t10-/m0/s1. The van der Waals surface area contributed by atoms with E-state index in [-0.39, 0.29) is 18.5 Å². The second-order valence-corrected chi connectivity index (χ2v) is 5.82. The van der Waals surface area contributed by atoms with Crippen molar-refractivity contribution in [1.82, 2.24) is 30.1 Å². The van der Waals surface area contributed by atoms with Gasteiger partial charge in [0.15, 0.2) is 0 Å². The first kappa shape index (κ1) is 13.2. The first-order valence-corrected chi connectivity index (χ1v) is 7.54. The Morgan fingerprint density at radius 2 is 2.40 bits per heavy atom. The summed E-state index contributed by atoms with van der Waals surface area (Å²) in [6.45, 7) is 2.95. The number of tetrazole rings is 1. The molecule has 8 heteroatoms. The Bertz CT molecular complexity index is 581. The van der Waals surface area contributed by atoms with E-state index in [1.54, 1.807) is 11.3 Å². The van der Waals surface area contributed by atoms with Gasteiger partial charge in [-0.2, -0.15) is 0 Å². The Morgan fingerprint density at radius 1 is 1.50 bits per heavy atom. The number of hydrogen-bond donors (Lipinski definition) is 0. The first-order chi connectivity index (χ1) is 9.74. The maximum atomic E-state index is 12.4. The molecule has 3 heterocycles. The molecular formula is C12H16N6OS. The fraction of sp³-hybridized carbons (Fsp3) is 0.583. The quantitative estimate of drug-likeness (QED) is 0.849. The van der Waals surface area contributed by atoms with Gasteiger partial charge in [-0.1, -0.05) is 0 Å². The van der Waals surface area contributed by atoms with Crippen molar-refractivity contribution in [2.45, 2.75) is 38.8 Å². The fourth-order valence-electron chi connectivity index (χ4n) is 2.49. The molecule has 0 aliphatic carbocycles. The number of amides is 1. The summed E-state index contributed by atoms with van der Waals surface area (Å²) < 4.78 is 1.46. The average molecular weight is 292 g/mol. The lowest BCUT2D eigenvalue weighted by Gasteiger charge is -2.34. The van der Waals surface area contributed by atoms with Crippen LogP contribution in [0.1, 0.15) is 36.0 Å². The molecule has 0 unspecified atom stereocenters. The van der Waals surface area contributed by atoms with E-state index < -0.39 is 0 Å². The third-order valence-corrected chi connectivity index (χ3v) is 4.50. The Hall–Kier alpha value is -1.83. The van der Waals surface area contributed by atoms with Gasteiger partial charge < -0.3 is 4.90 Å². The molecule has 2 aromatic rings. The molecule has 1 fully saturated rings. The van der Waals surface area contributed by atoms with Crippen molar-refractivity contribution in [3.05, 3.63) is 22.4 Å². The number of thiazole rings is 1. The molecule has 0 spiro atoms. The Labute approximate surface area is 120 Å². The van der Waals surface area contributed by atoms with Gasteiger partial charge in [-0.15, -0.1) is 16.4 Å². The number of carbonyl (C=O) groups is 1. The summed E-state index contributed by atoms with van der Waals surface area (Å²) in [4.78, 5) is 18.9. The molecule has 7 nitrogen and oxygen atoms in total. The molecule has 1 atom stereocenters. The summed E-state index contributed by atoms with van der Waals surface area (Å²) in [5.41, 5.74) is 1.02. The predicted octanol–water partition coefficient (Wildman–Crippen LogP) is 1.19. The lowest BCUT2D eigenvalue weighted by atomic mass is 10.0. The molecule has 20 heavy (non-hydrogen) atoms. The predicted molar refractivity (Wildman–Crippen MR) is 73.0 cm³/mol. The first-order valence-electron chi connectivity index (χ1n) is 6.66. The Balaban J connectivity index is 1.76. The zero-order valence-corrected chi connectivity index (χ0v) is 12.1. The molecule has 0 N–H and O–H groups in total. The summed E-state index contributed by atoms with van der Waals surface area (Å²) in [5, 5.41) is 13.9. The van der Waals surface area contributed by atoms with E-state index in [0.29, 0.717) is 0 Å². The van der Waals surface area contributed by atoms with E-state index in [2.05, 4.69) is 20.5 Å². The van der Waals surface area contributed by atoms with Crippen molar-refractivity contribution in [3.8, 4) is 0 Å². The van der Waals surface area contributed by atoms with Crippen LogP contribution in [0.25, 0.3) is 0 Å². The molecule has 3 rings (SSSR count). The summed E-state index contributed by atoms with van der Waals surface area (Å²) in [6, 6.07) is 0.103. The van der Waals surface area contributed by atoms with Crippen LogP contribution in [0.2, 0.25) is 0 Å². The van der Waals surface area contributed by atoms with E-state index in [1.807, 2.05) is 17.2 Å². The summed E-state index contributed by atoms with van der Waals surface area (Å²) in [5.74, 6) is 0.0508. The molecule has 1 aliphatic rings. The van der Waals surface area contributed by atoms with Gasteiger partial charge >= 0.3 is 0 Å². The van der Waals surface area contributed by atoms with Crippen LogP contribution >= 0.6 is 11.3 Å². The smallest absolute Gasteiger partial charge is 0.245 e. The van der Waals surface area contributed by atoms with Crippen LogP contribution in [0, 0.1) is 6.92 Å². The van der Waals surface area contributed by atoms with Gasteiger partial charge in [0.25, 0.3) is 0 Å². The van der Waals surface area contributed by atoms with Gasteiger partial charge in [0.2, 0.25) is 5.91 Å². The number of nitrogens with zero attached hydrogens (tertiary/aromatic N) is 6. The zero-order valence-electron chi connectivity index (χ0n) is 11.3. The van der Waals surface area contributed by atoms with Gasteiger partial charge in [0.05, 0.1) is 6.04 Å². The van der Waals surface area contributed by atoms with Crippen molar-refractivity contribution < 1.29 is 4.79 Å². The van der Waals surface area contributed by atoms with Crippen LogP contribution in [0.5, 0.6) is 0 Å². The van der Waals surface area contributed by atoms with Crippen LogP contribution < -0.4 is 0 Å². The number of hydrogen-bond acceptors (Lipinski definition) is 6. The van der Waals surface area contributed by atoms with Crippen molar-refractivity contribution >= 4 is 17.2 Å². The number of aryl methyl sites for hydroxylation is 1. The zero-order chi connectivity index (χ0) is 13.9. The van der Waals surface area contributed by atoms with Gasteiger partial charge in [-0.3, -0.25) is 4.79 Å². The maximum absolute atomic E-state index is 12.4. The SMILES string of the molecule is Cc1csc([C@@H]2CCCCN2C(=O)Cn2cnnn2)n1. The lowest BCUT2D eigenvalue weighted by Crippen LogP contribution is -2.40. The monoisotopic (exact) mass is 292 g/mol. The summed E-state index contributed by atoms with van der Waals surface area (Å²) in [7, 11) is 0. The van der Waals surface area contributed by atoms with Crippen molar-refractivity contribution in [2.24, 2.45) is 0 Å². The number of aromatic nitrogens is 5. The highest BCUT2D eigenvalue weighted by Gasteiger charge is 2.30. The average Bonchev–Trinajstić information content (AvgIpc) is 3.10.